The monoisotopic (exact) mass is 357 g/mol. The first kappa shape index (κ1) is 14.6. The molecule has 0 aliphatic carbocycles. The van der Waals surface area contributed by atoms with Crippen molar-refractivity contribution in [3.63, 3.8) is 0 Å². The Morgan fingerprint density at radius 1 is 1.30 bits per heavy atom. The highest BCUT2D eigenvalue weighted by Gasteiger charge is 2.16. The number of halogens is 1. The third kappa shape index (κ3) is 3.20. The number of nitrogens with two attached hydrogens (primary N) is 1. The van der Waals surface area contributed by atoms with Crippen LogP contribution in [0.4, 0.5) is 11.5 Å². The summed E-state index contributed by atoms with van der Waals surface area (Å²) in [6.45, 7) is 0. The zero-order valence-corrected chi connectivity index (χ0v) is 12.9. The molecule has 0 radical (unpaired) electrons. The van der Waals surface area contributed by atoms with Crippen LogP contribution in [0, 0.1) is 0 Å². The fourth-order valence-electron chi connectivity index (χ4n) is 1.47. The fraction of sp³-hybridized carbons (Fsp3) is 0.0833. The highest BCUT2D eigenvalue weighted by atomic mass is 79.9. The Kier molecular flexibility index (Phi) is 4.15. The van der Waals surface area contributed by atoms with Crippen molar-refractivity contribution in [3.05, 3.63) is 41.0 Å². The number of hydrogen-bond donors (Lipinski definition) is 2. The molecule has 2 rings (SSSR count). The second-order valence-electron chi connectivity index (χ2n) is 3.88. The number of ether oxygens (including phenoxy) is 1. The van der Waals surface area contributed by atoms with Gasteiger partial charge >= 0.3 is 0 Å². The minimum absolute atomic E-state index is 0.115. The van der Waals surface area contributed by atoms with Crippen molar-refractivity contribution in [1.29, 1.82) is 0 Å². The molecule has 1 aromatic carbocycles. The van der Waals surface area contributed by atoms with Crippen molar-refractivity contribution in [3.8, 4) is 5.75 Å². The number of nitrogens with one attached hydrogen (secondary N) is 1. The molecule has 0 bridgehead atoms. The van der Waals surface area contributed by atoms with Gasteiger partial charge in [-0.25, -0.2) is 13.4 Å². The van der Waals surface area contributed by atoms with Gasteiger partial charge in [-0.2, -0.15) is 0 Å². The van der Waals surface area contributed by atoms with Gasteiger partial charge in [-0.3, -0.25) is 4.72 Å². The molecule has 1 aromatic heterocycles. The van der Waals surface area contributed by atoms with Gasteiger partial charge in [0.15, 0.2) is 5.82 Å². The Morgan fingerprint density at radius 2 is 1.95 bits per heavy atom. The number of sulfonamides is 1. The number of pyridine rings is 1. The van der Waals surface area contributed by atoms with Gasteiger partial charge in [-0.05, 0) is 46.3 Å². The van der Waals surface area contributed by atoms with Gasteiger partial charge in [0.2, 0.25) is 0 Å². The molecule has 8 heteroatoms. The van der Waals surface area contributed by atoms with Crippen LogP contribution >= 0.6 is 15.9 Å². The van der Waals surface area contributed by atoms with Crippen molar-refractivity contribution < 1.29 is 13.2 Å². The van der Waals surface area contributed by atoms with Crippen molar-refractivity contribution >= 4 is 37.5 Å². The predicted octanol–water partition coefficient (Wildman–Crippen LogP) is 2.24. The van der Waals surface area contributed by atoms with Crippen molar-refractivity contribution in [1.82, 2.24) is 4.98 Å². The Balaban J connectivity index is 2.30. The minimum atomic E-state index is -3.71. The summed E-state index contributed by atoms with van der Waals surface area (Å²) in [7, 11) is -2.20. The van der Waals surface area contributed by atoms with Crippen LogP contribution in [-0.4, -0.2) is 20.5 Å². The molecule has 0 atom stereocenters. The summed E-state index contributed by atoms with van der Waals surface area (Å²) in [5.41, 5.74) is 5.99. The lowest BCUT2D eigenvalue weighted by Gasteiger charge is -2.09. The Labute approximate surface area is 125 Å². The zero-order chi connectivity index (χ0) is 14.8. The second-order valence-corrected chi connectivity index (χ2v) is 6.42. The van der Waals surface area contributed by atoms with Crippen molar-refractivity contribution in [2.75, 3.05) is 17.6 Å². The molecule has 0 saturated carbocycles. The molecule has 0 aliphatic heterocycles. The van der Waals surface area contributed by atoms with E-state index in [1.165, 1.54) is 25.4 Å². The van der Waals surface area contributed by atoms with Gasteiger partial charge in [0.25, 0.3) is 10.0 Å². The van der Waals surface area contributed by atoms with Crippen molar-refractivity contribution in [2.24, 2.45) is 0 Å². The maximum Gasteiger partial charge on any atom is 0.263 e. The summed E-state index contributed by atoms with van der Waals surface area (Å²) in [4.78, 5) is 4.05. The molecule has 1 heterocycles. The first-order valence-corrected chi connectivity index (χ1v) is 7.78. The Bertz CT molecular complexity index is 717. The van der Waals surface area contributed by atoms with E-state index in [0.29, 0.717) is 15.9 Å². The van der Waals surface area contributed by atoms with Gasteiger partial charge in [0.05, 0.1) is 28.4 Å². The van der Waals surface area contributed by atoms with Crippen LogP contribution in [0.25, 0.3) is 0 Å². The van der Waals surface area contributed by atoms with E-state index < -0.39 is 10.0 Å². The molecule has 6 nitrogen and oxygen atoms in total. The van der Waals surface area contributed by atoms with Crippen LogP contribution in [0.1, 0.15) is 0 Å². The van der Waals surface area contributed by atoms with Gasteiger partial charge < -0.3 is 10.5 Å². The van der Waals surface area contributed by atoms with E-state index in [4.69, 9.17) is 10.5 Å². The average Bonchev–Trinajstić information content (AvgIpc) is 2.42. The normalized spacial score (nSPS) is 11.1. The first-order valence-electron chi connectivity index (χ1n) is 5.50. The van der Waals surface area contributed by atoms with E-state index >= 15 is 0 Å². The summed E-state index contributed by atoms with van der Waals surface area (Å²) in [5.74, 6) is 0.755. The number of anilines is 2. The molecule has 2 aromatic rings. The molecule has 0 aliphatic rings. The van der Waals surface area contributed by atoms with Crippen LogP contribution in [0.2, 0.25) is 0 Å². The lowest BCUT2D eigenvalue weighted by molar-refractivity contribution is 0.414. The quantitative estimate of drug-likeness (QED) is 0.874. The van der Waals surface area contributed by atoms with E-state index in [2.05, 4.69) is 25.6 Å². The Morgan fingerprint density at radius 3 is 2.50 bits per heavy atom. The van der Waals surface area contributed by atoms with Crippen LogP contribution in [0.5, 0.6) is 5.75 Å². The highest BCUT2D eigenvalue weighted by Crippen LogP contribution is 2.25. The lowest BCUT2D eigenvalue weighted by Crippen LogP contribution is -2.14. The molecule has 0 amide bonds. The lowest BCUT2D eigenvalue weighted by atomic mass is 10.3. The molecular formula is C12H12BrN3O3S. The second kappa shape index (κ2) is 5.68. The third-order valence-corrected chi connectivity index (χ3v) is 4.42. The van der Waals surface area contributed by atoms with E-state index in [9.17, 15) is 8.42 Å². The smallest absolute Gasteiger partial charge is 0.263 e. The summed E-state index contributed by atoms with van der Waals surface area (Å²) in [6, 6.07) is 7.61. The maximum absolute atomic E-state index is 12.2. The van der Waals surface area contributed by atoms with Crippen LogP contribution in [-0.2, 0) is 10.0 Å². The standard InChI is InChI=1S/C12H12BrN3O3S/c1-19-9-2-4-10(5-3-9)20(17,18)16-12-11(13)6-8(14)7-15-12/h2-7H,14H2,1H3,(H,15,16). The minimum Gasteiger partial charge on any atom is -0.497 e. The van der Waals surface area contributed by atoms with E-state index in [0.717, 1.165) is 0 Å². The third-order valence-electron chi connectivity index (χ3n) is 2.46. The topological polar surface area (TPSA) is 94.3 Å². The first-order chi connectivity index (χ1) is 9.42. The number of nitrogen functional groups attached to an aromatic ring is 1. The summed E-state index contributed by atoms with van der Waals surface area (Å²) in [5, 5.41) is 0. The average molecular weight is 358 g/mol. The van der Waals surface area contributed by atoms with Gasteiger partial charge in [-0.1, -0.05) is 0 Å². The molecule has 0 fully saturated rings. The van der Waals surface area contributed by atoms with Crippen LogP contribution in [0.3, 0.4) is 0 Å². The van der Waals surface area contributed by atoms with Gasteiger partial charge in [0.1, 0.15) is 5.75 Å². The largest absolute Gasteiger partial charge is 0.497 e. The van der Waals surface area contributed by atoms with E-state index in [-0.39, 0.29) is 10.7 Å². The summed E-state index contributed by atoms with van der Waals surface area (Å²) >= 11 is 3.21. The van der Waals surface area contributed by atoms with Gasteiger partial charge in [-0.15, -0.1) is 0 Å². The number of benzene rings is 1. The van der Waals surface area contributed by atoms with Crippen LogP contribution < -0.4 is 15.2 Å². The number of aromatic nitrogens is 1. The molecule has 0 spiro atoms. The summed E-state index contributed by atoms with van der Waals surface area (Å²) in [6.07, 6.45) is 1.37. The van der Waals surface area contributed by atoms with Crippen LogP contribution in [0.15, 0.2) is 45.9 Å². The SMILES string of the molecule is COc1ccc(S(=O)(=O)Nc2ncc(N)cc2Br)cc1. The number of hydrogen-bond acceptors (Lipinski definition) is 5. The summed E-state index contributed by atoms with van der Waals surface area (Å²) < 4.78 is 32.2. The highest BCUT2D eigenvalue weighted by molar-refractivity contribution is 9.10. The predicted molar refractivity (Wildman–Crippen MR) is 80.2 cm³/mol. The molecule has 3 N–H and O–H groups in total. The van der Waals surface area contributed by atoms with Crippen molar-refractivity contribution in [2.45, 2.75) is 4.90 Å². The fourth-order valence-corrected chi connectivity index (χ4v) is 3.10. The molecule has 106 valence electrons. The molecule has 0 unspecified atom stereocenters. The van der Waals surface area contributed by atoms with Gasteiger partial charge in [0, 0.05) is 0 Å². The van der Waals surface area contributed by atoms with E-state index in [1.54, 1.807) is 18.2 Å². The maximum atomic E-state index is 12.2. The number of nitrogens with zero attached hydrogens (tertiary/aromatic N) is 1. The molecular weight excluding hydrogens is 346 g/mol. The molecule has 20 heavy (non-hydrogen) atoms. The number of rotatable bonds is 4. The number of methoxy groups -OCH3 is 1. The van der Waals surface area contributed by atoms with E-state index in [1.807, 2.05) is 0 Å². The molecule has 0 saturated heterocycles. The Hall–Kier alpha value is -1.80. The zero-order valence-electron chi connectivity index (χ0n) is 10.5.